The van der Waals surface area contributed by atoms with Crippen molar-refractivity contribution in [1.29, 1.82) is 0 Å². The van der Waals surface area contributed by atoms with E-state index in [0.717, 1.165) is 49.2 Å². The van der Waals surface area contributed by atoms with Gasteiger partial charge in [-0.15, -0.1) is 0 Å². The highest BCUT2D eigenvalue weighted by Crippen LogP contribution is 2.35. The number of aromatic amines is 1. The first-order valence-corrected chi connectivity index (χ1v) is 11.3. The predicted octanol–water partition coefficient (Wildman–Crippen LogP) is 4.75. The fourth-order valence-electron chi connectivity index (χ4n) is 5.14. The minimum Gasteiger partial charge on any atom is -0.368 e. The van der Waals surface area contributed by atoms with Gasteiger partial charge in [-0.2, -0.15) is 0 Å². The molecule has 2 aliphatic rings. The summed E-state index contributed by atoms with van der Waals surface area (Å²) in [5.74, 6) is 3.50. The van der Waals surface area contributed by atoms with Crippen LogP contribution in [0.2, 0.25) is 0 Å². The number of aromatic nitrogens is 2. The molecule has 1 aliphatic heterocycles. The quantitative estimate of drug-likeness (QED) is 0.792. The monoisotopic (exact) mass is 397 g/mol. The van der Waals surface area contributed by atoms with Crippen molar-refractivity contribution in [3.05, 3.63) is 30.1 Å². The van der Waals surface area contributed by atoms with E-state index < -0.39 is 0 Å². The molecule has 1 amide bonds. The number of H-pyrrole nitrogens is 1. The van der Waals surface area contributed by atoms with Gasteiger partial charge in [0.15, 0.2) is 0 Å². The fourth-order valence-corrected chi connectivity index (χ4v) is 5.14. The smallest absolute Gasteiger partial charge is 0.248 e. The lowest BCUT2D eigenvalue weighted by atomic mass is 9.75. The van der Waals surface area contributed by atoms with Crippen LogP contribution in [0.5, 0.6) is 0 Å². The van der Waals surface area contributed by atoms with E-state index in [9.17, 15) is 4.79 Å². The normalized spacial score (nSPS) is 26.3. The van der Waals surface area contributed by atoms with Crippen LogP contribution in [0.25, 0.3) is 11.0 Å². The molecule has 1 N–H and O–H groups in total. The van der Waals surface area contributed by atoms with Crippen molar-refractivity contribution in [3.8, 4) is 0 Å². The number of hydrogen-bond acceptors (Lipinski definition) is 3. The fraction of sp³-hybridized carbons (Fsp3) is 0.667. The Morgan fingerprint density at radius 1 is 1.21 bits per heavy atom. The van der Waals surface area contributed by atoms with E-state index in [1.807, 2.05) is 23.1 Å². The molecule has 1 aromatic carbocycles. The molecule has 0 bridgehead atoms. The molecule has 1 aliphatic carbocycles. The topological polar surface area (TPSA) is 58.2 Å². The Labute approximate surface area is 174 Å². The third-order valence-corrected chi connectivity index (χ3v) is 7.02. The number of carbonyl (C=O) groups excluding carboxylic acids is 1. The Kier molecular flexibility index (Phi) is 6.23. The number of nitrogens with zero attached hydrogens (tertiary/aromatic N) is 2. The second-order valence-corrected chi connectivity index (χ2v) is 9.47. The number of piperidine rings is 1. The molecule has 2 aromatic rings. The highest BCUT2D eigenvalue weighted by Gasteiger charge is 2.32. The van der Waals surface area contributed by atoms with Gasteiger partial charge in [0.25, 0.3) is 0 Å². The molecule has 0 radical (unpaired) electrons. The van der Waals surface area contributed by atoms with Crippen LogP contribution in [0.15, 0.2) is 24.3 Å². The van der Waals surface area contributed by atoms with E-state index in [4.69, 9.17) is 9.72 Å². The maximum absolute atomic E-state index is 12.8. The third kappa shape index (κ3) is 4.66. The van der Waals surface area contributed by atoms with E-state index in [0.29, 0.717) is 23.7 Å². The summed E-state index contributed by atoms with van der Waals surface area (Å²) in [6.45, 7) is 8.67. The summed E-state index contributed by atoms with van der Waals surface area (Å²) in [7, 11) is 0. The number of carbonyl (C=O) groups is 1. The van der Waals surface area contributed by atoms with Gasteiger partial charge >= 0.3 is 0 Å². The van der Waals surface area contributed by atoms with Crippen molar-refractivity contribution in [3.63, 3.8) is 0 Å². The van der Waals surface area contributed by atoms with Crippen LogP contribution < -0.4 is 0 Å². The first-order chi connectivity index (χ1) is 14.0. The summed E-state index contributed by atoms with van der Waals surface area (Å²) in [4.78, 5) is 23.0. The minimum atomic E-state index is 0.147. The van der Waals surface area contributed by atoms with Gasteiger partial charge in [-0.1, -0.05) is 39.3 Å². The highest BCUT2D eigenvalue weighted by molar-refractivity contribution is 5.77. The standard InChI is InChI=1S/C24H35N3O2/c1-16(2)19-9-8-17(3)14-22(19)29-15-23(28)27-12-10-18(11-13-27)24-25-20-6-4-5-7-21(20)26-24/h4-7,16-19,22H,8-15H2,1-3H3,(H,25,26)/t17-,19-,22+/m1/s1. The molecule has 2 fully saturated rings. The molecule has 5 nitrogen and oxygen atoms in total. The summed E-state index contributed by atoms with van der Waals surface area (Å²) < 4.78 is 6.18. The molecule has 0 unspecified atom stereocenters. The Bertz CT molecular complexity index is 789. The summed E-state index contributed by atoms with van der Waals surface area (Å²) in [6, 6.07) is 8.16. The van der Waals surface area contributed by atoms with Crippen molar-refractivity contribution in [1.82, 2.24) is 14.9 Å². The van der Waals surface area contributed by atoms with Gasteiger partial charge in [0.05, 0.1) is 17.1 Å². The molecule has 2 heterocycles. The zero-order valence-electron chi connectivity index (χ0n) is 18.1. The Balaban J connectivity index is 1.28. The zero-order chi connectivity index (χ0) is 20.4. The van der Waals surface area contributed by atoms with Crippen LogP contribution in [-0.2, 0) is 9.53 Å². The van der Waals surface area contributed by atoms with Crippen LogP contribution >= 0.6 is 0 Å². The van der Waals surface area contributed by atoms with Gasteiger partial charge in [0.2, 0.25) is 5.91 Å². The largest absolute Gasteiger partial charge is 0.368 e. The first-order valence-electron chi connectivity index (χ1n) is 11.3. The van der Waals surface area contributed by atoms with Gasteiger partial charge in [0, 0.05) is 19.0 Å². The van der Waals surface area contributed by atoms with Gasteiger partial charge in [0.1, 0.15) is 12.4 Å². The number of benzene rings is 1. The van der Waals surface area contributed by atoms with Crippen molar-refractivity contribution >= 4 is 16.9 Å². The number of fused-ring (bicyclic) bond motifs is 1. The number of hydrogen-bond donors (Lipinski definition) is 1. The molecule has 1 aromatic heterocycles. The van der Waals surface area contributed by atoms with E-state index >= 15 is 0 Å². The number of para-hydroxylation sites is 2. The number of rotatable bonds is 5. The molecule has 0 spiro atoms. The second kappa shape index (κ2) is 8.86. The molecule has 5 heteroatoms. The van der Waals surface area contributed by atoms with Crippen LogP contribution in [0.3, 0.4) is 0 Å². The maximum Gasteiger partial charge on any atom is 0.248 e. The Morgan fingerprint density at radius 3 is 2.69 bits per heavy atom. The molecular formula is C24H35N3O2. The van der Waals surface area contributed by atoms with E-state index in [1.165, 1.54) is 12.8 Å². The van der Waals surface area contributed by atoms with Gasteiger partial charge in [-0.05, 0) is 55.6 Å². The van der Waals surface area contributed by atoms with E-state index in [-0.39, 0.29) is 18.6 Å². The van der Waals surface area contributed by atoms with Crippen molar-refractivity contribution in [2.45, 2.75) is 64.9 Å². The lowest BCUT2D eigenvalue weighted by molar-refractivity contribution is -0.142. The maximum atomic E-state index is 12.8. The summed E-state index contributed by atoms with van der Waals surface area (Å²) >= 11 is 0. The molecule has 1 saturated carbocycles. The van der Waals surface area contributed by atoms with Crippen LogP contribution in [-0.4, -0.2) is 46.6 Å². The first kappa shape index (κ1) is 20.4. The predicted molar refractivity (Wildman–Crippen MR) is 116 cm³/mol. The molecule has 1 saturated heterocycles. The molecule has 3 atom stereocenters. The van der Waals surface area contributed by atoms with E-state index in [2.05, 4.69) is 31.8 Å². The summed E-state index contributed by atoms with van der Waals surface area (Å²) in [5, 5.41) is 0. The van der Waals surface area contributed by atoms with Crippen LogP contribution in [0.1, 0.15) is 64.6 Å². The molecule has 4 rings (SSSR count). The van der Waals surface area contributed by atoms with E-state index in [1.54, 1.807) is 0 Å². The Morgan fingerprint density at radius 2 is 1.97 bits per heavy atom. The van der Waals surface area contributed by atoms with Crippen molar-refractivity contribution in [2.75, 3.05) is 19.7 Å². The SMILES string of the molecule is CC(C)[C@H]1CC[C@@H](C)C[C@@H]1OCC(=O)N1CCC(c2nc3ccccc3[nH]2)CC1. The van der Waals surface area contributed by atoms with Crippen molar-refractivity contribution < 1.29 is 9.53 Å². The van der Waals surface area contributed by atoms with Gasteiger partial charge in [-0.25, -0.2) is 4.98 Å². The molecular weight excluding hydrogens is 362 g/mol. The lowest BCUT2D eigenvalue weighted by Crippen LogP contribution is -2.42. The number of nitrogens with one attached hydrogen (secondary N) is 1. The second-order valence-electron chi connectivity index (χ2n) is 9.47. The Hall–Kier alpha value is -1.88. The van der Waals surface area contributed by atoms with Gasteiger partial charge in [-0.3, -0.25) is 4.79 Å². The summed E-state index contributed by atoms with van der Waals surface area (Å²) in [5.41, 5.74) is 2.12. The average molecular weight is 398 g/mol. The number of amides is 1. The number of likely N-dealkylation sites (tertiary alicyclic amines) is 1. The summed E-state index contributed by atoms with van der Waals surface area (Å²) in [6.07, 6.45) is 5.74. The average Bonchev–Trinajstić information content (AvgIpc) is 3.16. The zero-order valence-corrected chi connectivity index (χ0v) is 18.1. The van der Waals surface area contributed by atoms with Crippen LogP contribution in [0, 0.1) is 17.8 Å². The minimum absolute atomic E-state index is 0.147. The third-order valence-electron chi connectivity index (χ3n) is 7.02. The van der Waals surface area contributed by atoms with Crippen molar-refractivity contribution in [2.24, 2.45) is 17.8 Å². The highest BCUT2D eigenvalue weighted by atomic mass is 16.5. The van der Waals surface area contributed by atoms with Crippen LogP contribution in [0.4, 0.5) is 0 Å². The molecule has 29 heavy (non-hydrogen) atoms. The lowest BCUT2D eigenvalue weighted by Gasteiger charge is -2.37. The molecule has 158 valence electrons. The number of ether oxygens (including phenoxy) is 1. The van der Waals surface area contributed by atoms with Gasteiger partial charge < -0.3 is 14.6 Å². The number of imidazole rings is 1.